The maximum Gasteiger partial charge on any atom is 0.326 e. The van der Waals surface area contributed by atoms with Crippen LogP contribution in [0.3, 0.4) is 0 Å². The molecule has 1 aliphatic rings. The first-order chi connectivity index (χ1) is 9.25. The molecule has 0 atom stereocenters. The minimum Gasteiger partial charge on any atom is -0.306 e. The molecular formula is C15H23N3O. The van der Waals surface area contributed by atoms with Crippen LogP contribution in [-0.2, 0) is 0 Å². The van der Waals surface area contributed by atoms with E-state index in [4.69, 9.17) is 0 Å². The van der Waals surface area contributed by atoms with Crippen LogP contribution in [0.4, 0.5) is 0 Å². The third-order valence-electron chi connectivity index (χ3n) is 3.68. The van der Waals surface area contributed by atoms with Crippen molar-refractivity contribution < 1.29 is 0 Å². The van der Waals surface area contributed by atoms with Crippen LogP contribution >= 0.6 is 0 Å². The zero-order valence-electron chi connectivity index (χ0n) is 12.0. The molecule has 0 spiro atoms. The number of rotatable bonds is 1. The summed E-state index contributed by atoms with van der Waals surface area (Å²) in [5.41, 5.74) is 2.00. The fourth-order valence-electron chi connectivity index (χ4n) is 2.69. The Hall–Kier alpha value is -1.55. The molecule has 2 heterocycles. The second-order valence-corrected chi connectivity index (χ2v) is 4.85. The number of nitrogens with one attached hydrogen (secondary N) is 1. The minimum absolute atomic E-state index is 0.0285. The number of piperidine rings is 1. The SMILES string of the molecule is CC.CN1CCC(n2c(=O)[nH]c3ccccc32)CC1. The number of hydrogen-bond donors (Lipinski definition) is 1. The van der Waals surface area contributed by atoms with Crippen molar-refractivity contribution in [2.45, 2.75) is 32.7 Å². The average Bonchev–Trinajstić information content (AvgIpc) is 2.78. The molecule has 4 heteroatoms. The van der Waals surface area contributed by atoms with Gasteiger partial charge in [-0.2, -0.15) is 0 Å². The number of imidazole rings is 1. The lowest BCUT2D eigenvalue weighted by Gasteiger charge is -2.29. The smallest absolute Gasteiger partial charge is 0.306 e. The molecule has 0 unspecified atom stereocenters. The van der Waals surface area contributed by atoms with Crippen molar-refractivity contribution in [3.63, 3.8) is 0 Å². The van der Waals surface area contributed by atoms with Gasteiger partial charge in [0.05, 0.1) is 11.0 Å². The Morgan fingerprint density at radius 3 is 2.47 bits per heavy atom. The molecule has 104 valence electrons. The average molecular weight is 261 g/mol. The van der Waals surface area contributed by atoms with Gasteiger partial charge in [-0.05, 0) is 45.1 Å². The quantitative estimate of drug-likeness (QED) is 0.857. The Bertz CT molecular complexity index is 576. The molecule has 0 bridgehead atoms. The molecule has 0 radical (unpaired) electrons. The van der Waals surface area contributed by atoms with Crippen LogP contribution < -0.4 is 5.69 Å². The van der Waals surface area contributed by atoms with Gasteiger partial charge in [-0.25, -0.2) is 4.79 Å². The van der Waals surface area contributed by atoms with E-state index in [1.807, 2.05) is 42.7 Å². The summed E-state index contributed by atoms with van der Waals surface area (Å²) >= 11 is 0. The highest BCUT2D eigenvalue weighted by Gasteiger charge is 2.21. The fraction of sp³-hybridized carbons (Fsp3) is 0.533. The summed E-state index contributed by atoms with van der Waals surface area (Å²) in [6.07, 6.45) is 2.11. The summed E-state index contributed by atoms with van der Waals surface area (Å²) in [6, 6.07) is 8.27. The van der Waals surface area contributed by atoms with Gasteiger partial charge in [0.2, 0.25) is 0 Å². The van der Waals surface area contributed by atoms with Crippen molar-refractivity contribution in [2.75, 3.05) is 20.1 Å². The summed E-state index contributed by atoms with van der Waals surface area (Å²) in [7, 11) is 2.13. The van der Waals surface area contributed by atoms with Crippen molar-refractivity contribution in [3.05, 3.63) is 34.7 Å². The molecule has 1 aliphatic heterocycles. The highest BCUT2D eigenvalue weighted by Crippen LogP contribution is 2.23. The summed E-state index contributed by atoms with van der Waals surface area (Å²) in [6.45, 7) is 6.13. The molecule has 4 nitrogen and oxygen atoms in total. The number of para-hydroxylation sites is 2. The topological polar surface area (TPSA) is 41.0 Å². The van der Waals surface area contributed by atoms with Crippen molar-refractivity contribution in [2.24, 2.45) is 0 Å². The van der Waals surface area contributed by atoms with Gasteiger partial charge in [-0.3, -0.25) is 4.57 Å². The third-order valence-corrected chi connectivity index (χ3v) is 3.68. The van der Waals surface area contributed by atoms with Crippen LogP contribution in [0.5, 0.6) is 0 Å². The molecule has 1 N–H and O–H groups in total. The number of likely N-dealkylation sites (tertiary alicyclic amines) is 1. The van der Waals surface area contributed by atoms with Crippen molar-refractivity contribution in [3.8, 4) is 0 Å². The van der Waals surface area contributed by atoms with Gasteiger partial charge in [0.1, 0.15) is 0 Å². The molecular weight excluding hydrogens is 238 g/mol. The first kappa shape index (κ1) is 13.9. The van der Waals surface area contributed by atoms with Crippen LogP contribution in [0.15, 0.2) is 29.1 Å². The lowest BCUT2D eigenvalue weighted by Crippen LogP contribution is -2.34. The van der Waals surface area contributed by atoms with Crippen molar-refractivity contribution >= 4 is 11.0 Å². The molecule has 1 aromatic carbocycles. The Labute approximate surface area is 114 Å². The molecule has 1 aromatic heterocycles. The predicted octanol–water partition coefficient (Wildman–Crippen LogP) is 2.62. The Balaban J connectivity index is 0.000000637. The minimum atomic E-state index is 0.0285. The molecule has 19 heavy (non-hydrogen) atoms. The van der Waals surface area contributed by atoms with Crippen LogP contribution in [-0.4, -0.2) is 34.6 Å². The summed E-state index contributed by atoms with van der Waals surface area (Å²) in [5.74, 6) is 0. The lowest BCUT2D eigenvalue weighted by atomic mass is 10.1. The van der Waals surface area contributed by atoms with Gasteiger partial charge < -0.3 is 9.88 Å². The molecule has 2 aromatic rings. The molecule has 3 rings (SSSR count). The largest absolute Gasteiger partial charge is 0.326 e. The zero-order chi connectivity index (χ0) is 13.8. The Morgan fingerprint density at radius 2 is 1.79 bits per heavy atom. The van der Waals surface area contributed by atoms with Crippen molar-refractivity contribution in [1.82, 2.24) is 14.5 Å². The third kappa shape index (κ3) is 2.73. The number of H-pyrrole nitrogens is 1. The van der Waals surface area contributed by atoms with E-state index < -0.39 is 0 Å². The van der Waals surface area contributed by atoms with E-state index in [2.05, 4.69) is 16.9 Å². The van der Waals surface area contributed by atoms with Crippen LogP contribution in [0, 0.1) is 0 Å². The van der Waals surface area contributed by atoms with E-state index in [0.717, 1.165) is 37.0 Å². The predicted molar refractivity (Wildman–Crippen MR) is 79.7 cm³/mol. The maximum atomic E-state index is 12.0. The van der Waals surface area contributed by atoms with Crippen LogP contribution in [0.1, 0.15) is 32.7 Å². The van der Waals surface area contributed by atoms with E-state index in [1.165, 1.54) is 0 Å². The molecule has 1 fully saturated rings. The number of aromatic amines is 1. The monoisotopic (exact) mass is 261 g/mol. The number of fused-ring (bicyclic) bond motifs is 1. The first-order valence-corrected chi connectivity index (χ1v) is 7.13. The molecule has 0 saturated carbocycles. The van der Waals surface area contributed by atoms with E-state index in [-0.39, 0.29) is 5.69 Å². The number of nitrogens with zero attached hydrogens (tertiary/aromatic N) is 2. The molecule has 0 aliphatic carbocycles. The second kappa shape index (κ2) is 6.06. The van der Waals surface area contributed by atoms with Gasteiger partial charge >= 0.3 is 5.69 Å². The van der Waals surface area contributed by atoms with E-state index >= 15 is 0 Å². The second-order valence-electron chi connectivity index (χ2n) is 4.85. The molecule has 0 amide bonds. The number of hydrogen-bond acceptors (Lipinski definition) is 2. The van der Waals surface area contributed by atoms with E-state index in [1.54, 1.807) is 0 Å². The zero-order valence-corrected chi connectivity index (χ0v) is 12.0. The highest BCUT2D eigenvalue weighted by molar-refractivity contribution is 5.75. The summed E-state index contributed by atoms with van der Waals surface area (Å²) in [4.78, 5) is 17.3. The van der Waals surface area contributed by atoms with E-state index in [0.29, 0.717) is 6.04 Å². The Kier molecular flexibility index (Phi) is 4.43. The Morgan fingerprint density at radius 1 is 1.16 bits per heavy atom. The van der Waals surface area contributed by atoms with Crippen molar-refractivity contribution in [1.29, 1.82) is 0 Å². The van der Waals surface area contributed by atoms with Gasteiger partial charge in [0, 0.05) is 6.04 Å². The summed E-state index contributed by atoms with van der Waals surface area (Å²) in [5, 5.41) is 0. The van der Waals surface area contributed by atoms with Gasteiger partial charge in [0.15, 0.2) is 0 Å². The lowest BCUT2D eigenvalue weighted by molar-refractivity contribution is 0.221. The first-order valence-electron chi connectivity index (χ1n) is 7.13. The number of aromatic nitrogens is 2. The fourth-order valence-corrected chi connectivity index (χ4v) is 2.69. The van der Waals surface area contributed by atoms with Gasteiger partial charge in [-0.1, -0.05) is 26.0 Å². The normalized spacial score (nSPS) is 17.2. The van der Waals surface area contributed by atoms with Gasteiger partial charge in [-0.15, -0.1) is 0 Å². The van der Waals surface area contributed by atoms with Gasteiger partial charge in [0.25, 0.3) is 0 Å². The standard InChI is InChI=1S/C13H17N3O.C2H6/c1-15-8-6-10(7-9-15)16-12-5-3-2-4-11(12)14-13(16)17;1-2/h2-5,10H,6-9H2,1H3,(H,14,17);1-2H3. The van der Waals surface area contributed by atoms with E-state index in [9.17, 15) is 4.79 Å². The summed E-state index contributed by atoms with van der Waals surface area (Å²) < 4.78 is 1.93. The number of benzene rings is 1. The van der Waals surface area contributed by atoms with Crippen LogP contribution in [0.25, 0.3) is 11.0 Å². The maximum absolute atomic E-state index is 12.0. The molecule has 1 saturated heterocycles. The van der Waals surface area contributed by atoms with Crippen LogP contribution in [0.2, 0.25) is 0 Å². The highest BCUT2D eigenvalue weighted by atomic mass is 16.1.